The highest BCUT2D eigenvalue weighted by Gasteiger charge is 2.08. The molecule has 0 saturated carbocycles. The summed E-state index contributed by atoms with van der Waals surface area (Å²) in [4.78, 5) is 20.2. The minimum Gasteiger partial charge on any atom is -0.409 e. The van der Waals surface area contributed by atoms with Crippen LogP contribution in [0.15, 0.2) is 28.9 Å². The predicted molar refractivity (Wildman–Crippen MR) is 79.6 cm³/mol. The van der Waals surface area contributed by atoms with Crippen LogP contribution in [-0.4, -0.2) is 33.5 Å². The monoisotopic (exact) mass is 305 g/mol. The van der Waals surface area contributed by atoms with Crippen LogP contribution < -0.4 is 11.1 Å². The van der Waals surface area contributed by atoms with Crippen molar-refractivity contribution in [2.75, 3.05) is 6.54 Å². The van der Waals surface area contributed by atoms with Crippen molar-refractivity contribution in [1.29, 1.82) is 0 Å². The summed E-state index contributed by atoms with van der Waals surface area (Å²) in [7, 11) is 0. The van der Waals surface area contributed by atoms with Crippen molar-refractivity contribution >= 4 is 23.1 Å². The Kier molecular flexibility index (Phi) is 4.83. The second kappa shape index (κ2) is 6.80. The van der Waals surface area contributed by atoms with Crippen molar-refractivity contribution in [3.8, 4) is 0 Å². The number of amides is 1. The zero-order valence-corrected chi connectivity index (χ0v) is 12.2. The van der Waals surface area contributed by atoms with E-state index >= 15 is 0 Å². The van der Waals surface area contributed by atoms with Crippen molar-refractivity contribution in [2.45, 2.75) is 13.3 Å². The summed E-state index contributed by atoms with van der Waals surface area (Å²) in [5.41, 5.74) is 7.11. The zero-order valence-electron chi connectivity index (χ0n) is 11.4. The van der Waals surface area contributed by atoms with Crippen LogP contribution in [0.4, 0.5) is 0 Å². The Bertz CT molecular complexity index is 651. The molecule has 2 rings (SSSR count). The van der Waals surface area contributed by atoms with Crippen LogP contribution in [0.25, 0.3) is 0 Å². The lowest BCUT2D eigenvalue weighted by Crippen LogP contribution is -2.26. The Morgan fingerprint density at radius 3 is 2.90 bits per heavy atom. The lowest BCUT2D eigenvalue weighted by Gasteiger charge is -2.04. The van der Waals surface area contributed by atoms with Crippen LogP contribution in [0.2, 0.25) is 0 Å². The van der Waals surface area contributed by atoms with E-state index in [0.717, 1.165) is 10.7 Å². The Balaban J connectivity index is 1.88. The molecule has 2 aromatic heterocycles. The summed E-state index contributed by atoms with van der Waals surface area (Å²) in [6.07, 6.45) is 2.06. The van der Waals surface area contributed by atoms with Gasteiger partial charge in [-0.3, -0.25) is 9.78 Å². The highest BCUT2D eigenvalue weighted by Crippen LogP contribution is 2.08. The number of oxime groups is 1. The molecule has 0 aliphatic rings. The molecule has 0 bridgehead atoms. The van der Waals surface area contributed by atoms with E-state index in [0.29, 0.717) is 18.5 Å². The molecule has 0 unspecified atom stereocenters. The fourth-order valence-electron chi connectivity index (χ4n) is 1.66. The maximum Gasteiger partial charge on any atom is 0.269 e. The Morgan fingerprint density at radius 1 is 1.52 bits per heavy atom. The van der Waals surface area contributed by atoms with Crippen LogP contribution in [-0.2, 0) is 6.42 Å². The first kappa shape index (κ1) is 14.9. The molecule has 0 radical (unpaired) electrons. The Labute approximate surface area is 125 Å². The van der Waals surface area contributed by atoms with Crippen molar-refractivity contribution in [1.82, 2.24) is 15.3 Å². The number of carbonyl (C=O) groups is 1. The minimum absolute atomic E-state index is 0.0478. The van der Waals surface area contributed by atoms with Crippen molar-refractivity contribution in [2.24, 2.45) is 10.9 Å². The number of nitrogens with one attached hydrogen (secondary N) is 1. The molecular formula is C13H15N5O2S. The van der Waals surface area contributed by atoms with Crippen LogP contribution in [0.5, 0.6) is 0 Å². The second-order valence-electron chi connectivity index (χ2n) is 4.28. The van der Waals surface area contributed by atoms with Gasteiger partial charge in [0.1, 0.15) is 5.69 Å². The number of nitrogens with zero attached hydrogens (tertiary/aromatic N) is 3. The van der Waals surface area contributed by atoms with E-state index in [-0.39, 0.29) is 17.4 Å². The third-order valence-electron chi connectivity index (χ3n) is 2.73. The highest BCUT2D eigenvalue weighted by molar-refractivity contribution is 7.09. The summed E-state index contributed by atoms with van der Waals surface area (Å²) in [5.74, 6) is -0.318. The van der Waals surface area contributed by atoms with Crippen LogP contribution in [0.3, 0.4) is 0 Å². The van der Waals surface area contributed by atoms with Gasteiger partial charge in [-0.05, 0) is 19.1 Å². The number of thiazole rings is 1. The lowest BCUT2D eigenvalue weighted by molar-refractivity contribution is 0.0949. The van der Waals surface area contributed by atoms with Gasteiger partial charge in [0, 0.05) is 30.1 Å². The molecule has 0 spiro atoms. The zero-order chi connectivity index (χ0) is 15.2. The third-order valence-corrected chi connectivity index (χ3v) is 3.56. The summed E-state index contributed by atoms with van der Waals surface area (Å²) >= 11 is 1.59. The molecule has 7 nitrogen and oxygen atoms in total. The van der Waals surface area contributed by atoms with E-state index in [1.54, 1.807) is 17.4 Å². The standard InChI is InChI=1S/C13H15N5O2S/c1-8-17-10(7-21-8)4-5-15-13(19)11-3-2-9(6-16-11)12(14)18-20/h2-3,6-7,20H,4-5H2,1H3,(H2,14,18)(H,15,19). The van der Waals surface area contributed by atoms with Crippen molar-refractivity contribution in [3.05, 3.63) is 45.7 Å². The maximum absolute atomic E-state index is 11.9. The van der Waals surface area contributed by atoms with Gasteiger partial charge in [-0.25, -0.2) is 4.98 Å². The summed E-state index contributed by atoms with van der Waals surface area (Å²) in [6, 6.07) is 3.09. The van der Waals surface area contributed by atoms with Crippen LogP contribution >= 0.6 is 11.3 Å². The number of aromatic nitrogens is 2. The number of pyridine rings is 1. The second-order valence-corrected chi connectivity index (χ2v) is 5.34. The van der Waals surface area contributed by atoms with E-state index in [2.05, 4.69) is 20.4 Å². The molecule has 2 aromatic rings. The average molecular weight is 305 g/mol. The van der Waals surface area contributed by atoms with Gasteiger partial charge < -0.3 is 16.3 Å². The minimum atomic E-state index is -0.270. The molecular weight excluding hydrogens is 290 g/mol. The average Bonchev–Trinajstić information content (AvgIpc) is 2.92. The van der Waals surface area contributed by atoms with Gasteiger partial charge in [-0.15, -0.1) is 11.3 Å². The first-order valence-electron chi connectivity index (χ1n) is 6.23. The molecule has 0 aliphatic carbocycles. The van der Waals surface area contributed by atoms with Gasteiger partial charge >= 0.3 is 0 Å². The first-order chi connectivity index (χ1) is 10.1. The van der Waals surface area contributed by atoms with Gasteiger partial charge in [-0.1, -0.05) is 5.16 Å². The highest BCUT2D eigenvalue weighted by atomic mass is 32.1. The smallest absolute Gasteiger partial charge is 0.269 e. The topological polar surface area (TPSA) is 113 Å². The molecule has 4 N–H and O–H groups in total. The number of rotatable bonds is 5. The van der Waals surface area contributed by atoms with Crippen LogP contribution in [0, 0.1) is 6.92 Å². The number of nitrogens with two attached hydrogens (primary N) is 1. The summed E-state index contributed by atoms with van der Waals surface area (Å²) in [5, 5.41) is 17.2. The Morgan fingerprint density at radius 2 is 2.33 bits per heavy atom. The van der Waals surface area contributed by atoms with Gasteiger partial charge in [0.15, 0.2) is 5.84 Å². The molecule has 0 fully saturated rings. The number of carbonyl (C=O) groups excluding carboxylic acids is 1. The van der Waals surface area contributed by atoms with E-state index in [1.165, 1.54) is 12.3 Å². The van der Waals surface area contributed by atoms with Crippen molar-refractivity contribution in [3.63, 3.8) is 0 Å². The SMILES string of the molecule is Cc1nc(CCNC(=O)c2ccc(/C(N)=N/O)cn2)cs1. The fourth-order valence-corrected chi connectivity index (χ4v) is 2.30. The normalized spacial score (nSPS) is 11.4. The molecule has 0 aliphatic heterocycles. The van der Waals surface area contributed by atoms with Gasteiger partial charge in [-0.2, -0.15) is 0 Å². The predicted octanol–water partition coefficient (Wildman–Crippen LogP) is 0.914. The van der Waals surface area contributed by atoms with E-state index in [4.69, 9.17) is 10.9 Å². The molecule has 0 saturated heterocycles. The molecule has 1 amide bonds. The summed E-state index contributed by atoms with van der Waals surface area (Å²) in [6.45, 7) is 2.44. The molecule has 8 heteroatoms. The van der Waals surface area contributed by atoms with Gasteiger partial charge in [0.25, 0.3) is 5.91 Å². The maximum atomic E-state index is 11.9. The quantitative estimate of drug-likeness (QED) is 0.329. The lowest BCUT2D eigenvalue weighted by atomic mass is 10.2. The van der Waals surface area contributed by atoms with E-state index in [1.807, 2.05) is 12.3 Å². The largest absolute Gasteiger partial charge is 0.409 e. The molecule has 0 aromatic carbocycles. The molecule has 21 heavy (non-hydrogen) atoms. The van der Waals surface area contributed by atoms with Crippen molar-refractivity contribution < 1.29 is 10.0 Å². The fraction of sp³-hybridized carbons (Fsp3) is 0.231. The molecule has 2 heterocycles. The number of hydrogen-bond donors (Lipinski definition) is 3. The van der Waals surface area contributed by atoms with Gasteiger partial charge in [0.05, 0.1) is 10.7 Å². The molecule has 0 atom stereocenters. The van der Waals surface area contributed by atoms with Gasteiger partial charge in [0.2, 0.25) is 0 Å². The Hall–Kier alpha value is -2.48. The summed E-state index contributed by atoms with van der Waals surface area (Å²) < 4.78 is 0. The van der Waals surface area contributed by atoms with Crippen LogP contribution in [0.1, 0.15) is 26.8 Å². The van der Waals surface area contributed by atoms with E-state index < -0.39 is 0 Å². The number of amidine groups is 1. The molecule has 110 valence electrons. The number of aryl methyl sites for hydroxylation is 1. The van der Waals surface area contributed by atoms with E-state index in [9.17, 15) is 4.79 Å². The number of hydrogen-bond acceptors (Lipinski definition) is 6. The first-order valence-corrected chi connectivity index (χ1v) is 7.11. The third kappa shape index (κ3) is 3.99.